The zero-order valence-electron chi connectivity index (χ0n) is 15.1. The zero-order valence-corrected chi connectivity index (χ0v) is 15.9. The third-order valence-corrected chi connectivity index (χ3v) is 4.92. The van der Waals surface area contributed by atoms with E-state index in [4.69, 9.17) is 4.74 Å². The molecule has 0 radical (unpaired) electrons. The van der Waals surface area contributed by atoms with Crippen molar-refractivity contribution >= 4 is 12.4 Å². The van der Waals surface area contributed by atoms with Crippen molar-refractivity contribution in [2.24, 2.45) is 0 Å². The van der Waals surface area contributed by atoms with E-state index in [-0.39, 0.29) is 12.4 Å². The maximum absolute atomic E-state index is 5.94. The van der Waals surface area contributed by atoms with Crippen LogP contribution in [0.1, 0.15) is 11.1 Å². The third kappa shape index (κ3) is 4.12. The molecule has 0 aliphatic carbocycles. The molecule has 2 aliphatic rings. The number of hydrogen-bond acceptors (Lipinski definition) is 3. The summed E-state index contributed by atoms with van der Waals surface area (Å²) < 4.78 is 5.94. The average molecular weight is 369 g/mol. The van der Waals surface area contributed by atoms with E-state index in [1.165, 1.54) is 22.4 Å². The number of likely N-dealkylation sites (N-methyl/N-ethyl adjacent to an activating group) is 1. The van der Waals surface area contributed by atoms with Gasteiger partial charge in [0.2, 0.25) is 0 Å². The van der Waals surface area contributed by atoms with Crippen LogP contribution in [0.15, 0.2) is 78.2 Å². The predicted molar refractivity (Wildman–Crippen MR) is 109 cm³/mol. The van der Waals surface area contributed by atoms with E-state index in [0.717, 1.165) is 38.3 Å². The highest BCUT2D eigenvalue weighted by Crippen LogP contribution is 2.31. The minimum absolute atomic E-state index is 0. The second-order valence-electron chi connectivity index (χ2n) is 6.81. The van der Waals surface area contributed by atoms with E-state index in [1.54, 1.807) is 0 Å². The Morgan fingerprint density at radius 1 is 1.04 bits per heavy atom. The molecule has 0 atom stereocenters. The van der Waals surface area contributed by atoms with Gasteiger partial charge in [0, 0.05) is 31.7 Å². The van der Waals surface area contributed by atoms with Crippen molar-refractivity contribution in [1.82, 2.24) is 9.80 Å². The fourth-order valence-corrected chi connectivity index (χ4v) is 3.48. The molecular weight excluding hydrogens is 344 g/mol. The number of para-hydroxylation sites is 1. The highest BCUT2D eigenvalue weighted by molar-refractivity contribution is 5.85. The zero-order chi connectivity index (χ0) is 17.1. The molecule has 2 aromatic rings. The molecule has 2 aromatic carbocycles. The number of hydrogen-bond donors (Lipinski definition) is 0. The van der Waals surface area contributed by atoms with E-state index in [1.807, 2.05) is 18.4 Å². The van der Waals surface area contributed by atoms with E-state index in [0.29, 0.717) is 0 Å². The molecule has 136 valence electrons. The van der Waals surface area contributed by atoms with E-state index >= 15 is 0 Å². The molecular formula is C22H25ClN2O. The van der Waals surface area contributed by atoms with Crippen LogP contribution in [0.5, 0.6) is 5.75 Å². The minimum Gasteiger partial charge on any atom is -0.462 e. The molecule has 26 heavy (non-hydrogen) atoms. The summed E-state index contributed by atoms with van der Waals surface area (Å²) in [4.78, 5) is 4.79. The summed E-state index contributed by atoms with van der Waals surface area (Å²) in [6, 6.07) is 19.0. The van der Waals surface area contributed by atoms with Gasteiger partial charge in [-0.3, -0.25) is 0 Å². The highest BCUT2D eigenvalue weighted by Gasteiger charge is 2.24. The summed E-state index contributed by atoms with van der Waals surface area (Å²) in [7, 11) is 2.19. The first-order valence-electron chi connectivity index (χ1n) is 8.91. The van der Waals surface area contributed by atoms with Crippen molar-refractivity contribution < 1.29 is 4.74 Å². The minimum atomic E-state index is 0. The van der Waals surface area contributed by atoms with Crippen LogP contribution < -0.4 is 4.74 Å². The van der Waals surface area contributed by atoms with Gasteiger partial charge in [-0.15, -0.1) is 12.4 Å². The molecule has 0 unspecified atom stereocenters. The normalized spacial score (nSPS) is 15.2. The molecule has 0 aromatic heterocycles. The monoisotopic (exact) mass is 368 g/mol. The lowest BCUT2D eigenvalue weighted by Gasteiger charge is -2.22. The van der Waals surface area contributed by atoms with Crippen molar-refractivity contribution in [2.45, 2.75) is 13.0 Å². The molecule has 0 spiro atoms. The van der Waals surface area contributed by atoms with Crippen molar-refractivity contribution in [3.8, 4) is 5.75 Å². The average Bonchev–Trinajstić information content (AvgIpc) is 2.91. The van der Waals surface area contributed by atoms with Crippen LogP contribution in [0.4, 0.5) is 0 Å². The highest BCUT2D eigenvalue weighted by atomic mass is 35.5. The number of benzene rings is 2. The topological polar surface area (TPSA) is 15.7 Å². The summed E-state index contributed by atoms with van der Waals surface area (Å²) in [6.45, 7) is 3.88. The summed E-state index contributed by atoms with van der Waals surface area (Å²) in [5, 5.41) is 0. The van der Waals surface area contributed by atoms with E-state index in [2.05, 4.69) is 65.4 Å². The molecule has 0 bridgehead atoms. The van der Waals surface area contributed by atoms with Gasteiger partial charge in [-0.05, 0) is 30.7 Å². The molecule has 4 heteroatoms. The molecule has 0 N–H and O–H groups in total. The Labute approximate surface area is 162 Å². The first-order valence-corrected chi connectivity index (χ1v) is 8.91. The van der Waals surface area contributed by atoms with Gasteiger partial charge in [0.05, 0.1) is 5.70 Å². The number of halogens is 1. The summed E-state index contributed by atoms with van der Waals surface area (Å²) >= 11 is 0. The second kappa shape index (κ2) is 8.43. The molecule has 2 aliphatic heterocycles. The van der Waals surface area contributed by atoms with Crippen LogP contribution in [0, 0.1) is 0 Å². The lowest BCUT2D eigenvalue weighted by molar-refractivity contribution is 0.355. The van der Waals surface area contributed by atoms with Crippen LogP contribution in [0.2, 0.25) is 0 Å². The van der Waals surface area contributed by atoms with Gasteiger partial charge in [0.1, 0.15) is 12.0 Å². The molecule has 0 saturated heterocycles. The lowest BCUT2D eigenvalue weighted by atomic mass is 10.1. The SMILES string of the molecule is CN(CCc1ccccc1)CC1=CCN2Cc3ccccc3OC=C12.Cl. The molecule has 0 fully saturated rings. The first kappa shape index (κ1) is 18.6. The summed E-state index contributed by atoms with van der Waals surface area (Å²) in [5.41, 5.74) is 5.23. The number of ether oxygens (including phenoxy) is 1. The van der Waals surface area contributed by atoms with Crippen LogP contribution in [0.3, 0.4) is 0 Å². The van der Waals surface area contributed by atoms with Gasteiger partial charge in [-0.2, -0.15) is 0 Å². The van der Waals surface area contributed by atoms with Crippen LogP contribution in [-0.2, 0) is 13.0 Å². The smallest absolute Gasteiger partial charge is 0.131 e. The quantitative estimate of drug-likeness (QED) is 0.784. The van der Waals surface area contributed by atoms with Gasteiger partial charge in [-0.1, -0.05) is 54.6 Å². The number of nitrogens with zero attached hydrogens (tertiary/aromatic N) is 2. The van der Waals surface area contributed by atoms with Crippen LogP contribution in [0.25, 0.3) is 0 Å². The largest absolute Gasteiger partial charge is 0.462 e. The molecule has 2 heterocycles. The van der Waals surface area contributed by atoms with Crippen LogP contribution in [-0.4, -0.2) is 36.5 Å². The Hall–Kier alpha value is -2.23. The Kier molecular flexibility index (Phi) is 6.02. The van der Waals surface area contributed by atoms with Crippen molar-refractivity contribution in [3.05, 3.63) is 89.3 Å². The summed E-state index contributed by atoms with van der Waals surface area (Å²) in [5.74, 6) is 0.973. The molecule has 4 rings (SSSR count). The fraction of sp³-hybridized carbons (Fsp3) is 0.273. The van der Waals surface area contributed by atoms with Gasteiger partial charge < -0.3 is 14.5 Å². The second-order valence-corrected chi connectivity index (χ2v) is 6.81. The van der Waals surface area contributed by atoms with Crippen molar-refractivity contribution in [2.75, 3.05) is 26.7 Å². The van der Waals surface area contributed by atoms with Crippen LogP contribution >= 0.6 is 12.4 Å². The Morgan fingerprint density at radius 3 is 2.65 bits per heavy atom. The predicted octanol–water partition coefficient (Wildman–Crippen LogP) is 4.26. The van der Waals surface area contributed by atoms with E-state index < -0.39 is 0 Å². The Bertz CT molecular complexity index is 801. The van der Waals surface area contributed by atoms with E-state index in [9.17, 15) is 0 Å². The standard InChI is InChI=1S/C22H24N2O.ClH/c1-23(13-11-18-7-3-2-4-8-18)15-19-12-14-24-16-20-9-5-6-10-22(20)25-17-21(19)24;/h2-10,12,17H,11,13-16H2,1H3;1H. The molecule has 0 amide bonds. The van der Waals surface area contributed by atoms with Gasteiger partial charge in [-0.25, -0.2) is 0 Å². The van der Waals surface area contributed by atoms with Gasteiger partial charge in [0.15, 0.2) is 0 Å². The maximum atomic E-state index is 5.94. The third-order valence-electron chi connectivity index (χ3n) is 4.92. The summed E-state index contributed by atoms with van der Waals surface area (Å²) in [6.07, 6.45) is 5.34. The van der Waals surface area contributed by atoms with Gasteiger partial charge >= 0.3 is 0 Å². The Balaban J connectivity index is 0.00000196. The van der Waals surface area contributed by atoms with Crippen molar-refractivity contribution in [3.63, 3.8) is 0 Å². The molecule has 3 nitrogen and oxygen atoms in total. The fourth-order valence-electron chi connectivity index (χ4n) is 3.48. The number of rotatable bonds is 5. The van der Waals surface area contributed by atoms with Crippen molar-refractivity contribution in [1.29, 1.82) is 0 Å². The maximum Gasteiger partial charge on any atom is 0.131 e. The van der Waals surface area contributed by atoms with Gasteiger partial charge in [0.25, 0.3) is 0 Å². The first-order chi connectivity index (χ1) is 12.3. The number of fused-ring (bicyclic) bond motifs is 2. The lowest BCUT2D eigenvalue weighted by Crippen LogP contribution is -2.25. The Morgan fingerprint density at radius 2 is 1.81 bits per heavy atom. The molecule has 0 saturated carbocycles.